The van der Waals surface area contributed by atoms with E-state index in [2.05, 4.69) is 5.32 Å². The zero-order valence-electron chi connectivity index (χ0n) is 8.68. The zero-order valence-corrected chi connectivity index (χ0v) is 10.2. The highest BCUT2D eigenvalue weighted by Crippen LogP contribution is 2.20. The molecule has 0 aliphatic heterocycles. The van der Waals surface area contributed by atoms with Crippen LogP contribution in [0.1, 0.15) is 30.6 Å². The third-order valence-corrected chi connectivity index (χ3v) is 2.71. The first-order valence-corrected chi connectivity index (χ1v) is 5.56. The first-order valence-electron chi connectivity index (χ1n) is 4.80. The van der Waals surface area contributed by atoms with Gasteiger partial charge in [-0.1, -0.05) is 30.1 Å². The predicted octanol–water partition coefficient (Wildman–Crippen LogP) is 3.52. The SMILES string of the molecule is CCC(C)NC(=O)c1ccc(Cl)cc1Cl. The molecule has 0 fully saturated rings. The molecule has 0 aromatic heterocycles. The van der Waals surface area contributed by atoms with E-state index >= 15 is 0 Å². The fraction of sp³-hybridized carbons (Fsp3) is 0.364. The molecule has 0 bridgehead atoms. The second kappa shape index (κ2) is 5.38. The fourth-order valence-corrected chi connectivity index (χ4v) is 1.57. The van der Waals surface area contributed by atoms with Gasteiger partial charge in [-0.25, -0.2) is 0 Å². The molecule has 82 valence electrons. The molecule has 4 heteroatoms. The number of rotatable bonds is 3. The number of hydrogen-bond acceptors (Lipinski definition) is 1. The summed E-state index contributed by atoms with van der Waals surface area (Å²) in [5.74, 6) is -0.161. The van der Waals surface area contributed by atoms with Gasteiger partial charge in [0.25, 0.3) is 5.91 Å². The Morgan fingerprint density at radius 1 is 1.47 bits per heavy atom. The molecular formula is C11H13Cl2NO. The molecule has 0 radical (unpaired) electrons. The predicted molar refractivity (Wildman–Crippen MR) is 63.7 cm³/mol. The van der Waals surface area contributed by atoms with E-state index in [0.717, 1.165) is 6.42 Å². The molecule has 0 saturated heterocycles. The molecule has 1 amide bonds. The molecule has 1 atom stereocenters. The van der Waals surface area contributed by atoms with Crippen molar-refractivity contribution >= 4 is 29.1 Å². The van der Waals surface area contributed by atoms with Crippen LogP contribution in [-0.4, -0.2) is 11.9 Å². The maximum absolute atomic E-state index is 11.7. The van der Waals surface area contributed by atoms with Crippen molar-refractivity contribution in [1.29, 1.82) is 0 Å². The van der Waals surface area contributed by atoms with Gasteiger partial charge in [-0.3, -0.25) is 4.79 Å². The summed E-state index contributed by atoms with van der Waals surface area (Å²) in [4.78, 5) is 11.7. The van der Waals surface area contributed by atoms with Gasteiger partial charge in [0, 0.05) is 11.1 Å². The van der Waals surface area contributed by atoms with Gasteiger partial charge in [-0.2, -0.15) is 0 Å². The Bertz CT molecular complexity index is 366. The number of amides is 1. The summed E-state index contributed by atoms with van der Waals surface area (Å²) in [6, 6.07) is 4.99. The number of carbonyl (C=O) groups excluding carboxylic acids is 1. The van der Waals surface area contributed by atoms with E-state index in [1.54, 1.807) is 18.2 Å². The molecule has 1 unspecified atom stereocenters. The van der Waals surface area contributed by atoms with Gasteiger partial charge in [0.1, 0.15) is 0 Å². The van der Waals surface area contributed by atoms with E-state index in [1.165, 1.54) is 0 Å². The highest BCUT2D eigenvalue weighted by Gasteiger charge is 2.12. The lowest BCUT2D eigenvalue weighted by atomic mass is 10.2. The van der Waals surface area contributed by atoms with E-state index < -0.39 is 0 Å². The Morgan fingerprint density at radius 2 is 2.13 bits per heavy atom. The average Bonchev–Trinajstić information content (AvgIpc) is 2.17. The van der Waals surface area contributed by atoms with Crippen molar-refractivity contribution in [2.24, 2.45) is 0 Å². The Kier molecular flexibility index (Phi) is 4.43. The first kappa shape index (κ1) is 12.3. The van der Waals surface area contributed by atoms with Crippen molar-refractivity contribution in [2.75, 3.05) is 0 Å². The number of halogens is 2. The van der Waals surface area contributed by atoms with Crippen molar-refractivity contribution < 1.29 is 4.79 Å². The topological polar surface area (TPSA) is 29.1 Å². The van der Waals surface area contributed by atoms with Crippen molar-refractivity contribution in [2.45, 2.75) is 26.3 Å². The zero-order chi connectivity index (χ0) is 11.4. The number of hydrogen-bond donors (Lipinski definition) is 1. The lowest BCUT2D eigenvalue weighted by molar-refractivity contribution is 0.0939. The second-order valence-corrected chi connectivity index (χ2v) is 4.25. The van der Waals surface area contributed by atoms with Crippen LogP contribution in [0.2, 0.25) is 10.0 Å². The van der Waals surface area contributed by atoms with E-state index in [-0.39, 0.29) is 11.9 Å². The first-order chi connectivity index (χ1) is 7.04. The van der Waals surface area contributed by atoms with Crippen molar-refractivity contribution in [3.8, 4) is 0 Å². The lowest BCUT2D eigenvalue weighted by Crippen LogP contribution is -2.32. The number of carbonyl (C=O) groups is 1. The molecular weight excluding hydrogens is 233 g/mol. The van der Waals surface area contributed by atoms with E-state index in [1.807, 2.05) is 13.8 Å². The quantitative estimate of drug-likeness (QED) is 0.868. The summed E-state index contributed by atoms with van der Waals surface area (Å²) in [5.41, 5.74) is 0.460. The van der Waals surface area contributed by atoms with Crippen LogP contribution in [0.5, 0.6) is 0 Å². The monoisotopic (exact) mass is 245 g/mol. The Hall–Kier alpha value is -0.730. The van der Waals surface area contributed by atoms with Gasteiger partial charge in [0.2, 0.25) is 0 Å². The smallest absolute Gasteiger partial charge is 0.253 e. The third-order valence-electron chi connectivity index (χ3n) is 2.17. The van der Waals surface area contributed by atoms with Gasteiger partial charge in [0.15, 0.2) is 0 Å². The molecule has 2 nitrogen and oxygen atoms in total. The van der Waals surface area contributed by atoms with Gasteiger partial charge in [-0.05, 0) is 31.5 Å². The summed E-state index contributed by atoms with van der Waals surface area (Å²) in [6.07, 6.45) is 0.886. The minimum atomic E-state index is -0.161. The molecule has 0 aliphatic carbocycles. The second-order valence-electron chi connectivity index (χ2n) is 3.41. The molecule has 1 rings (SSSR count). The van der Waals surface area contributed by atoms with Gasteiger partial charge in [-0.15, -0.1) is 0 Å². The highest BCUT2D eigenvalue weighted by atomic mass is 35.5. The minimum Gasteiger partial charge on any atom is -0.350 e. The summed E-state index contributed by atoms with van der Waals surface area (Å²) in [7, 11) is 0. The maximum atomic E-state index is 11.7. The Morgan fingerprint density at radius 3 is 2.67 bits per heavy atom. The van der Waals surface area contributed by atoms with Crippen LogP contribution in [0.4, 0.5) is 0 Å². The largest absolute Gasteiger partial charge is 0.350 e. The van der Waals surface area contributed by atoms with Gasteiger partial charge >= 0.3 is 0 Å². The van der Waals surface area contributed by atoms with E-state index in [0.29, 0.717) is 15.6 Å². The summed E-state index contributed by atoms with van der Waals surface area (Å²) >= 11 is 11.6. The highest BCUT2D eigenvalue weighted by molar-refractivity contribution is 6.36. The van der Waals surface area contributed by atoms with Crippen LogP contribution in [0.3, 0.4) is 0 Å². The van der Waals surface area contributed by atoms with Crippen LogP contribution in [0, 0.1) is 0 Å². The summed E-state index contributed by atoms with van der Waals surface area (Å²) < 4.78 is 0. The average molecular weight is 246 g/mol. The molecule has 15 heavy (non-hydrogen) atoms. The van der Waals surface area contributed by atoms with Crippen LogP contribution in [0.25, 0.3) is 0 Å². The third kappa shape index (κ3) is 3.40. The Balaban J connectivity index is 2.82. The molecule has 0 aliphatic rings. The standard InChI is InChI=1S/C11H13Cl2NO/c1-3-7(2)14-11(15)9-5-4-8(12)6-10(9)13/h4-7H,3H2,1-2H3,(H,14,15). The maximum Gasteiger partial charge on any atom is 0.253 e. The fourth-order valence-electron chi connectivity index (χ4n) is 1.08. The summed E-state index contributed by atoms with van der Waals surface area (Å²) in [5, 5.41) is 3.75. The minimum absolute atomic E-state index is 0.143. The van der Waals surface area contributed by atoms with E-state index in [4.69, 9.17) is 23.2 Å². The number of benzene rings is 1. The number of nitrogens with one attached hydrogen (secondary N) is 1. The van der Waals surface area contributed by atoms with Crippen LogP contribution in [-0.2, 0) is 0 Å². The van der Waals surface area contributed by atoms with Crippen molar-refractivity contribution in [3.05, 3.63) is 33.8 Å². The van der Waals surface area contributed by atoms with E-state index in [9.17, 15) is 4.79 Å². The van der Waals surface area contributed by atoms with Crippen LogP contribution >= 0.6 is 23.2 Å². The summed E-state index contributed by atoms with van der Waals surface area (Å²) in [6.45, 7) is 3.95. The molecule has 0 saturated carbocycles. The van der Waals surface area contributed by atoms with Gasteiger partial charge < -0.3 is 5.32 Å². The molecule has 1 N–H and O–H groups in total. The normalized spacial score (nSPS) is 12.3. The molecule has 0 spiro atoms. The van der Waals surface area contributed by atoms with Crippen LogP contribution < -0.4 is 5.32 Å². The Labute approximate surface area is 99.6 Å². The lowest BCUT2D eigenvalue weighted by Gasteiger charge is -2.12. The molecule has 1 aromatic rings. The van der Waals surface area contributed by atoms with Crippen molar-refractivity contribution in [3.63, 3.8) is 0 Å². The van der Waals surface area contributed by atoms with Crippen molar-refractivity contribution in [1.82, 2.24) is 5.32 Å². The molecule has 1 aromatic carbocycles. The molecule has 0 heterocycles. The van der Waals surface area contributed by atoms with Gasteiger partial charge in [0.05, 0.1) is 10.6 Å². The van der Waals surface area contributed by atoms with Crippen LogP contribution in [0.15, 0.2) is 18.2 Å².